The molecule has 0 radical (unpaired) electrons. The highest BCUT2D eigenvalue weighted by atomic mass is 19.4. The Morgan fingerprint density at radius 3 is 2.48 bits per heavy atom. The molecule has 4 nitrogen and oxygen atoms in total. The molecule has 0 unspecified atom stereocenters. The highest BCUT2D eigenvalue weighted by Gasteiger charge is 2.31. The predicted octanol–water partition coefficient (Wildman–Crippen LogP) is 3.70. The minimum Gasteiger partial charge on any atom is -0.406 e. The molecule has 0 fully saturated rings. The average molecular weight is 297 g/mol. The number of nitrogens with one attached hydrogen (secondary N) is 1. The van der Waals surface area contributed by atoms with E-state index in [9.17, 15) is 13.2 Å². The van der Waals surface area contributed by atoms with Crippen molar-refractivity contribution >= 4 is 5.82 Å². The number of hydrogen-bond donors (Lipinski definition) is 1. The van der Waals surface area contributed by atoms with Crippen molar-refractivity contribution in [2.24, 2.45) is 0 Å². The maximum atomic E-state index is 12.2. The van der Waals surface area contributed by atoms with E-state index in [0.29, 0.717) is 17.2 Å². The third-order valence-corrected chi connectivity index (χ3v) is 2.95. The number of aromatic nitrogens is 2. The lowest BCUT2D eigenvalue weighted by molar-refractivity contribution is -0.274. The Morgan fingerprint density at radius 1 is 1.14 bits per heavy atom. The molecule has 0 aliphatic carbocycles. The third-order valence-electron chi connectivity index (χ3n) is 2.95. The Bertz CT molecular complexity index is 656. The van der Waals surface area contributed by atoms with E-state index >= 15 is 0 Å². The van der Waals surface area contributed by atoms with Gasteiger partial charge in [-0.05, 0) is 26.0 Å². The van der Waals surface area contributed by atoms with E-state index < -0.39 is 6.36 Å². The SMILES string of the molecule is CNc1nc(-c2cccc(OC(F)(F)F)c2)nc(C)c1C. The van der Waals surface area contributed by atoms with Crippen LogP contribution in [0.5, 0.6) is 5.75 Å². The normalized spacial score (nSPS) is 11.3. The summed E-state index contributed by atoms with van der Waals surface area (Å²) in [7, 11) is 1.72. The number of nitrogens with zero attached hydrogens (tertiary/aromatic N) is 2. The van der Waals surface area contributed by atoms with Crippen molar-refractivity contribution in [3.8, 4) is 17.1 Å². The molecule has 0 amide bonds. The molecule has 2 rings (SSSR count). The second-order valence-electron chi connectivity index (χ2n) is 4.43. The summed E-state index contributed by atoms with van der Waals surface area (Å²) in [6.45, 7) is 3.69. The van der Waals surface area contributed by atoms with Gasteiger partial charge in [0.15, 0.2) is 5.82 Å². The van der Waals surface area contributed by atoms with Crippen LogP contribution in [-0.4, -0.2) is 23.4 Å². The maximum absolute atomic E-state index is 12.2. The Balaban J connectivity index is 2.43. The minimum absolute atomic E-state index is 0.298. The number of aryl methyl sites for hydroxylation is 1. The molecule has 1 aromatic heterocycles. The Morgan fingerprint density at radius 2 is 1.86 bits per heavy atom. The predicted molar refractivity (Wildman–Crippen MR) is 73.2 cm³/mol. The van der Waals surface area contributed by atoms with Crippen molar-refractivity contribution in [3.63, 3.8) is 0 Å². The molecule has 112 valence electrons. The van der Waals surface area contributed by atoms with Gasteiger partial charge in [-0.2, -0.15) is 0 Å². The highest BCUT2D eigenvalue weighted by Crippen LogP contribution is 2.27. The van der Waals surface area contributed by atoms with E-state index in [4.69, 9.17) is 0 Å². The van der Waals surface area contributed by atoms with Gasteiger partial charge >= 0.3 is 6.36 Å². The first-order chi connectivity index (χ1) is 9.80. The van der Waals surface area contributed by atoms with E-state index in [2.05, 4.69) is 20.0 Å². The number of benzene rings is 1. The van der Waals surface area contributed by atoms with E-state index in [0.717, 1.165) is 11.3 Å². The van der Waals surface area contributed by atoms with Crippen molar-refractivity contribution < 1.29 is 17.9 Å². The Kier molecular flexibility index (Phi) is 4.02. The summed E-state index contributed by atoms with van der Waals surface area (Å²) in [5, 5.41) is 2.94. The van der Waals surface area contributed by atoms with Gasteiger partial charge in [-0.1, -0.05) is 12.1 Å². The van der Waals surface area contributed by atoms with Crippen LogP contribution < -0.4 is 10.1 Å². The molecule has 0 saturated carbocycles. The fourth-order valence-corrected chi connectivity index (χ4v) is 1.83. The standard InChI is InChI=1S/C14H14F3N3O/c1-8-9(2)19-13(20-12(8)18-3)10-5-4-6-11(7-10)21-14(15,16)17/h4-7H,1-3H3,(H,18,19,20). The lowest BCUT2D eigenvalue weighted by atomic mass is 10.1. The molecule has 0 spiro atoms. The molecule has 0 atom stereocenters. The molecule has 2 aromatic rings. The molecule has 1 N–H and O–H groups in total. The smallest absolute Gasteiger partial charge is 0.406 e. The summed E-state index contributed by atoms with van der Waals surface area (Å²) in [6.07, 6.45) is -4.72. The van der Waals surface area contributed by atoms with Crippen LogP contribution in [-0.2, 0) is 0 Å². The summed E-state index contributed by atoms with van der Waals surface area (Å²) >= 11 is 0. The van der Waals surface area contributed by atoms with Crippen LogP contribution in [0.4, 0.5) is 19.0 Å². The van der Waals surface area contributed by atoms with Gasteiger partial charge < -0.3 is 10.1 Å². The topological polar surface area (TPSA) is 47.0 Å². The fourth-order valence-electron chi connectivity index (χ4n) is 1.83. The third kappa shape index (κ3) is 3.62. The van der Waals surface area contributed by atoms with E-state index in [1.807, 2.05) is 13.8 Å². The Labute approximate surface area is 120 Å². The van der Waals surface area contributed by atoms with Gasteiger partial charge in [0.05, 0.1) is 0 Å². The molecular formula is C14H14F3N3O. The number of hydrogen-bond acceptors (Lipinski definition) is 4. The molecule has 0 aliphatic heterocycles. The number of anilines is 1. The molecule has 0 saturated heterocycles. The average Bonchev–Trinajstić information content (AvgIpc) is 2.40. The van der Waals surface area contributed by atoms with E-state index in [-0.39, 0.29) is 5.75 Å². The summed E-state index contributed by atoms with van der Waals surface area (Å²) in [6, 6.07) is 5.59. The molecule has 7 heteroatoms. The molecule has 1 heterocycles. The largest absolute Gasteiger partial charge is 0.573 e. The van der Waals surface area contributed by atoms with Crippen LogP contribution in [0.3, 0.4) is 0 Å². The maximum Gasteiger partial charge on any atom is 0.573 e. The van der Waals surface area contributed by atoms with Gasteiger partial charge in [-0.15, -0.1) is 13.2 Å². The number of alkyl halides is 3. The van der Waals surface area contributed by atoms with E-state index in [1.54, 1.807) is 13.1 Å². The Hall–Kier alpha value is -2.31. The van der Waals surface area contributed by atoms with Crippen molar-refractivity contribution in [1.29, 1.82) is 0 Å². The zero-order chi connectivity index (χ0) is 15.6. The zero-order valence-corrected chi connectivity index (χ0v) is 11.7. The monoisotopic (exact) mass is 297 g/mol. The van der Waals surface area contributed by atoms with Crippen molar-refractivity contribution in [1.82, 2.24) is 9.97 Å². The van der Waals surface area contributed by atoms with Crippen LogP contribution in [0.15, 0.2) is 24.3 Å². The highest BCUT2D eigenvalue weighted by molar-refractivity contribution is 5.61. The van der Waals surface area contributed by atoms with Crippen LogP contribution in [0.2, 0.25) is 0 Å². The van der Waals surface area contributed by atoms with Crippen molar-refractivity contribution in [2.75, 3.05) is 12.4 Å². The van der Waals surface area contributed by atoms with Gasteiger partial charge in [0.1, 0.15) is 11.6 Å². The quantitative estimate of drug-likeness (QED) is 0.938. The molecule has 21 heavy (non-hydrogen) atoms. The number of halogens is 3. The molecule has 0 bridgehead atoms. The number of ether oxygens (including phenoxy) is 1. The summed E-state index contributed by atoms with van der Waals surface area (Å²) in [5.41, 5.74) is 2.10. The van der Waals surface area contributed by atoms with Crippen molar-refractivity contribution in [3.05, 3.63) is 35.5 Å². The zero-order valence-electron chi connectivity index (χ0n) is 11.7. The molecule has 1 aromatic carbocycles. The first-order valence-corrected chi connectivity index (χ1v) is 6.19. The molecular weight excluding hydrogens is 283 g/mol. The fraction of sp³-hybridized carbons (Fsp3) is 0.286. The van der Waals surface area contributed by atoms with Gasteiger partial charge in [0, 0.05) is 23.9 Å². The van der Waals surface area contributed by atoms with Gasteiger partial charge in [-0.25, -0.2) is 9.97 Å². The first kappa shape index (κ1) is 15.1. The number of rotatable bonds is 3. The second kappa shape index (κ2) is 5.59. The summed E-state index contributed by atoms with van der Waals surface area (Å²) < 4.78 is 40.6. The second-order valence-corrected chi connectivity index (χ2v) is 4.43. The minimum atomic E-state index is -4.72. The van der Waals surface area contributed by atoms with Crippen molar-refractivity contribution in [2.45, 2.75) is 20.2 Å². The van der Waals surface area contributed by atoms with Crippen LogP contribution >= 0.6 is 0 Å². The lowest BCUT2D eigenvalue weighted by Crippen LogP contribution is -2.17. The van der Waals surface area contributed by atoms with Gasteiger partial charge in [0.2, 0.25) is 0 Å². The van der Waals surface area contributed by atoms with Crippen LogP contribution in [0.1, 0.15) is 11.3 Å². The summed E-state index contributed by atoms with van der Waals surface area (Å²) in [5.74, 6) is 0.683. The summed E-state index contributed by atoms with van der Waals surface area (Å²) in [4.78, 5) is 8.60. The first-order valence-electron chi connectivity index (χ1n) is 6.19. The van der Waals surface area contributed by atoms with E-state index in [1.165, 1.54) is 18.2 Å². The van der Waals surface area contributed by atoms with Gasteiger partial charge in [-0.3, -0.25) is 0 Å². The van der Waals surface area contributed by atoms with Gasteiger partial charge in [0.25, 0.3) is 0 Å². The molecule has 0 aliphatic rings. The lowest BCUT2D eigenvalue weighted by Gasteiger charge is -2.12. The van der Waals surface area contributed by atoms with Crippen LogP contribution in [0, 0.1) is 13.8 Å². The van der Waals surface area contributed by atoms with Crippen LogP contribution in [0.25, 0.3) is 11.4 Å².